The maximum absolute atomic E-state index is 12.4. The van der Waals surface area contributed by atoms with Crippen molar-refractivity contribution in [2.75, 3.05) is 38.2 Å². The molecule has 0 unspecified atom stereocenters. The highest BCUT2D eigenvalue weighted by Gasteiger charge is 2.26. The van der Waals surface area contributed by atoms with E-state index in [1.54, 1.807) is 7.11 Å². The van der Waals surface area contributed by atoms with Crippen LogP contribution in [0.15, 0.2) is 24.3 Å². The Balaban J connectivity index is 1.93. The SMILES string of the molecule is COCc1nc(C(C)C)nc(N2CCN(C(=O)NC(C)C)CC2)c1Cc1cccc(Cl)c1. The summed E-state index contributed by atoms with van der Waals surface area (Å²) in [5, 5.41) is 3.69. The van der Waals surface area contributed by atoms with Crippen LogP contribution in [0.5, 0.6) is 0 Å². The topological polar surface area (TPSA) is 70.6 Å². The summed E-state index contributed by atoms with van der Waals surface area (Å²) < 4.78 is 5.50. The second-order valence-corrected chi connectivity index (χ2v) is 9.24. The van der Waals surface area contributed by atoms with E-state index >= 15 is 0 Å². The highest BCUT2D eigenvalue weighted by Crippen LogP contribution is 2.28. The fourth-order valence-electron chi connectivity index (χ4n) is 3.80. The van der Waals surface area contributed by atoms with Gasteiger partial charge in [0.15, 0.2) is 0 Å². The lowest BCUT2D eigenvalue weighted by Gasteiger charge is -2.37. The summed E-state index contributed by atoms with van der Waals surface area (Å²) in [6, 6.07) is 8.00. The largest absolute Gasteiger partial charge is 0.378 e. The number of nitrogens with zero attached hydrogens (tertiary/aromatic N) is 4. The van der Waals surface area contributed by atoms with Gasteiger partial charge >= 0.3 is 6.03 Å². The number of carbonyl (C=O) groups excluding carboxylic acids is 1. The number of nitrogens with one attached hydrogen (secondary N) is 1. The van der Waals surface area contributed by atoms with Crippen LogP contribution in [0.2, 0.25) is 5.02 Å². The monoisotopic (exact) mass is 459 g/mol. The lowest BCUT2D eigenvalue weighted by Crippen LogP contribution is -2.53. The van der Waals surface area contributed by atoms with Gasteiger partial charge in [0.1, 0.15) is 11.6 Å². The van der Waals surface area contributed by atoms with Gasteiger partial charge in [-0.2, -0.15) is 0 Å². The molecule has 2 amide bonds. The maximum atomic E-state index is 12.4. The van der Waals surface area contributed by atoms with E-state index < -0.39 is 0 Å². The van der Waals surface area contributed by atoms with Gasteiger partial charge < -0.3 is 19.9 Å². The van der Waals surface area contributed by atoms with Crippen molar-refractivity contribution in [1.82, 2.24) is 20.2 Å². The fraction of sp³-hybridized carbons (Fsp3) is 0.542. The lowest BCUT2D eigenvalue weighted by molar-refractivity contribution is 0.180. The van der Waals surface area contributed by atoms with E-state index in [0.29, 0.717) is 31.1 Å². The van der Waals surface area contributed by atoms with E-state index in [-0.39, 0.29) is 18.0 Å². The Bertz CT molecular complexity index is 927. The number of benzene rings is 1. The van der Waals surface area contributed by atoms with Crippen molar-refractivity contribution in [2.45, 2.75) is 52.7 Å². The number of anilines is 1. The number of rotatable bonds is 7. The van der Waals surface area contributed by atoms with Crippen molar-refractivity contribution in [3.8, 4) is 0 Å². The van der Waals surface area contributed by atoms with E-state index in [1.165, 1.54) is 0 Å². The van der Waals surface area contributed by atoms with Gasteiger partial charge in [0, 0.05) is 62.3 Å². The molecule has 2 aromatic rings. The molecule has 0 aliphatic carbocycles. The molecule has 0 atom stereocenters. The van der Waals surface area contributed by atoms with Crippen LogP contribution < -0.4 is 10.2 Å². The Morgan fingerprint density at radius 2 is 1.88 bits per heavy atom. The number of urea groups is 1. The second-order valence-electron chi connectivity index (χ2n) is 8.80. The average molecular weight is 460 g/mol. The van der Waals surface area contributed by atoms with Crippen LogP contribution in [0, 0.1) is 0 Å². The highest BCUT2D eigenvalue weighted by atomic mass is 35.5. The molecule has 2 heterocycles. The normalized spacial score (nSPS) is 14.4. The first-order valence-corrected chi connectivity index (χ1v) is 11.6. The number of hydrogen-bond donors (Lipinski definition) is 1. The molecule has 1 aliphatic rings. The molecule has 1 N–H and O–H groups in total. The molecule has 32 heavy (non-hydrogen) atoms. The molecule has 174 valence electrons. The number of aromatic nitrogens is 2. The second kappa shape index (κ2) is 11.0. The number of ether oxygens (including phenoxy) is 1. The van der Waals surface area contributed by atoms with Crippen molar-refractivity contribution in [1.29, 1.82) is 0 Å². The summed E-state index contributed by atoms with van der Waals surface area (Å²) in [5.74, 6) is 1.93. The molecule has 8 heteroatoms. The third kappa shape index (κ3) is 6.11. The van der Waals surface area contributed by atoms with E-state index in [9.17, 15) is 4.79 Å². The molecular formula is C24H34ClN5O2. The van der Waals surface area contributed by atoms with Crippen LogP contribution in [0.3, 0.4) is 0 Å². The highest BCUT2D eigenvalue weighted by molar-refractivity contribution is 6.30. The minimum atomic E-state index is -0.00979. The molecule has 3 rings (SSSR count). The predicted molar refractivity (Wildman–Crippen MR) is 129 cm³/mol. The zero-order valence-corrected chi connectivity index (χ0v) is 20.4. The Kier molecular flexibility index (Phi) is 8.32. The molecule has 0 radical (unpaired) electrons. The quantitative estimate of drug-likeness (QED) is 0.670. The van der Waals surface area contributed by atoms with Gasteiger partial charge in [-0.1, -0.05) is 37.6 Å². The fourth-order valence-corrected chi connectivity index (χ4v) is 4.02. The Labute approximate surface area is 196 Å². The Morgan fingerprint density at radius 1 is 1.16 bits per heavy atom. The van der Waals surface area contributed by atoms with Gasteiger partial charge in [0.25, 0.3) is 0 Å². The lowest BCUT2D eigenvalue weighted by atomic mass is 10.0. The summed E-state index contributed by atoms with van der Waals surface area (Å²) in [7, 11) is 1.69. The number of hydrogen-bond acceptors (Lipinski definition) is 5. The van der Waals surface area contributed by atoms with Crippen LogP contribution in [0.1, 0.15) is 56.3 Å². The van der Waals surface area contributed by atoms with E-state index in [2.05, 4.69) is 30.1 Å². The smallest absolute Gasteiger partial charge is 0.317 e. The molecule has 7 nitrogen and oxygen atoms in total. The number of carbonyl (C=O) groups is 1. The van der Waals surface area contributed by atoms with Crippen LogP contribution in [-0.4, -0.2) is 60.2 Å². The third-order valence-electron chi connectivity index (χ3n) is 5.43. The summed E-state index contributed by atoms with van der Waals surface area (Å²) in [6.45, 7) is 11.3. The van der Waals surface area contributed by atoms with Gasteiger partial charge in [0.2, 0.25) is 0 Å². The van der Waals surface area contributed by atoms with Crippen molar-refractivity contribution < 1.29 is 9.53 Å². The average Bonchev–Trinajstić information content (AvgIpc) is 2.74. The molecule has 1 aromatic heterocycles. The van der Waals surface area contributed by atoms with E-state index in [1.807, 2.05) is 36.9 Å². The minimum Gasteiger partial charge on any atom is -0.378 e. The van der Waals surface area contributed by atoms with Crippen LogP contribution >= 0.6 is 11.6 Å². The Hall–Kier alpha value is -2.38. The van der Waals surface area contributed by atoms with Crippen molar-refractivity contribution in [2.24, 2.45) is 0 Å². The molecule has 1 fully saturated rings. The van der Waals surface area contributed by atoms with Gasteiger partial charge in [-0.15, -0.1) is 0 Å². The van der Waals surface area contributed by atoms with E-state index in [4.69, 9.17) is 26.3 Å². The van der Waals surface area contributed by atoms with Gasteiger partial charge in [-0.25, -0.2) is 14.8 Å². The number of halogens is 1. The summed E-state index contributed by atoms with van der Waals surface area (Å²) in [4.78, 5) is 26.4. The zero-order valence-electron chi connectivity index (χ0n) is 19.7. The van der Waals surface area contributed by atoms with Crippen LogP contribution in [-0.2, 0) is 17.8 Å². The van der Waals surface area contributed by atoms with Gasteiger partial charge in [-0.3, -0.25) is 0 Å². The number of amides is 2. The maximum Gasteiger partial charge on any atom is 0.317 e. The minimum absolute atomic E-state index is 0.00979. The van der Waals surface area contributed by atoms with Crippen molar-refractivity contribution in [3.63, 3.8) is 0 Å². The first-order valence-electron chi connectivity index (χ1n) is 11.2. The molecular weight excluding hydrogens is 426 g/mol. The summed E-state index contributed by atoms with van der Waals surface area (Å²) in [5.41, 5.74) is 3.06. The van der Waals surface area contributed by atoms with Crippen molar-refractivity contribution >= 4 is 23.4 Å². The first-order chi connectivity index (χ1) is 15.3. The van der Waals surface area contributed by atoms with Crippen LogP contribution in [0.25, 0.3) is 0 Å². The van der Waals surface area contributed by atoms with Crippen LogP contribution in [0.4, 0.5) is 10.6 Å². The predicted octanol–water partition coefficient (Wildman–Crippen LogP) is 4.23. The standard InChI is InChI=1S/C24H34ClN5O2/c1-16(2)22-27-21(15-32-5)20(14-18-7-6-8-19(25)13-18)23(28-22)29-9-11-30(12-10-29)24(31)26-17(3)4/h6-8,13,16-17H,9-12,14-15H2,1-5H3,(H,26,31). The summed E-state index contributed by atoms with van der Waals surface area (Å²) >= 11 is 6.24. The number of methoxy groups -OCH3 is 1. The van der Waals surface area contributed by atoms with Gasteiger partial charge in [0.05, 0.1) is 12.3 Å². The third-order valence-corrected chi connectivity index (χ3v) is 5.67. The summed E-state index contributed by atoms with van der Waals surface area (Å²) in [6.07, 6.45) is 0.668. The number of piperazine rings is 1. The molecule has 0 bridgehead atoms. The molecule has 1 aliphatic heterocycles. The first kappa shape index (κ1) is 24.3. The van der Waals surface area contributed by atoms with Gasteiger partial charge in [-0.05, 0) is 31.5 Å². The molecule has 1 aromatic carbocycles. The van der Waals surface area contributed by atoms with Crippen molar-refractivity contribution in [3.05, 3.63) is 51.9 Å². The molecule has 0 spiro atoms. The molecule has 1 saturated heterocycles. The Morgan fingerprint density at radius 3 is 2.47 bits per heavy atom. The molecule has 0 saturated carbocycles. The van der Waals surface area contributed by atoms with E-state index in [0.717, 1.165) is 41.6 Å². The zero-order chi connectivity index (χ0) is 23.3.